The number of nitrogens with zero attached hydrogens (tertiary/aromatic N) is 1. The molecular weight excluding hydrogens is 206 g/mol. The number of hydrogen-bond donors (Lipinski definition) is 1. The third-order valence-corrected chi connectivity index (χ3v) is 2.85. The standard InChI is InChI=1S/C12H13NO3/c1-13-10-4-2-8(3-5-12(15)16)6-9(10)7-11(13)14/h2,4,6H,3,5,7H2,1H3,(H,15,16). The maximum atomic E-state index is 11.4. The Hall–Kier alpha value is -1.84. The second-order valence-corrected chi connectivity index (χ2v) is 3.99. The average molecular weight is 219 g/mol. The fourth-order valence-electron chi connectivity index (χ4n) is 1.93. The van der Waals surface area contributed by atoms with E-state index in [1.807, 2.05) is 18.2 Å². The summed E-state index contributed by atoms with van der Waals surface area (Å²) in [5, 5.41) is 8.59. The molecule has 4 heteroatoms. The first-order valence-electron chi connectivity index (χ1n) is 5.18. The molecule has 0 aromatic heterocycles. The van der Waals surface area contributed by atoms with E-state index in [2.05, 4.69) is 0 Å². The normalized spacial score (nSPS) is 14.1. The minimum atomic E-state index is -0.798. The van der Waals surface area contributed by atoms with E-state index >= 15 is 0 Å². The maximum absolute atomic E-state index is 11.4. The number of carbonyl (C=O) groups is 2. The molecule has 0 fully saturated rings. The number of likely N-dealkylation sites (N-methyl/N-ethyl adjacent to an activating group) is 1. The van der Waals surface area contributed by atoms with Gasteiger partial charge in [0.25, 0.3) is 0 Å². The van der Waals surface area contributed by atoms with Crippen LogP contribution in [0.1, 0.15) is 17.5 Å². The van der Waals surface area contributed by atoms with Crippen molar-refractivity contribution in [1.29, 1.82) is 0 Å². The van der Waals surface area contributed by atoms with Gasteiger partial charge in [0.15, 0.2) is 0 Å². The highest BCUT2D eigenvalue weighted by Gasteiger charge is 2.23. The van der Waals surface area contributed by atoms with Crippen LogP contribution in [0.5, 0.6) is 0 Å². The predicted octanol–water partition coefficient (Wildman–Crippen LogP) is 1.22. The van der Waals surface area contributed by atoms with Crippen LogP contribution in [0.4, 0.5) is 5.69 Å². The van der Waals surface area contributed by atoms with Gasteiger partial charge in [-0.1, -0.05) is 12.1 Å². The van der Waals surface area contributed by atoms with Gasteiger partial charge in [-0.25, -0.2) is 0 Å². The molecule has 1 aliphatic rings. The lowest BCUT2D eigenvalue weighted by atomic mass is 10.0. The predicted molar refractivity (Wildman–Crippen MR) is 59.5 cm³/mol. The topological polar surface area (TPSA) is 57.6 Å². The van der Waals surface area contributed by atoms with E-state index in [4.69, 9.17) is 5.11 Å². The molecule has 1 heterocycles. The van der Waals surface area contributed by atoms with Gasteiger partial charge in [0.05, 0.1) is 6.42 Å². The number of carboxylic acid groups (broad SMARTS) is 1. The van der Waals surface area contributed by atoms with Crippen LogP contribution in [0, 0.1) is 0 Å². The Morgan fingerprint density at radius 3 is 2.94 bits per heavy atom. The van der Waals surface area contributed by atoms with Crippen molar-refractivity contribution in [1.82, 2.24) is 0 Å². The van der Waals surface area contributed by atoms with Gasteiger partial charge in [0, 0.05) is 19.2 Å². The van der Waals surface area contributed by atoms with Gasteiger partial charge in [-0.05, 0) is 23.6 Å². The van der Waals surface area contributed by atoms with E-state index in [-0.39, 0.29) is 12.3 Å². The second kappa shape index (κ2) is 3.96. The lowest BCUT2D eigenvalue weighted by Gasteiger charge is -2.10. The monoisotopic (exact) mass is 219 g/mol. The van der Waals surface area contributed by atoms with Crippen LogP contribution in [0.25, 0.3) is 0 Å². The first-order valence-corrected chi connectivity index (χ1v) is 5.18. The van der Waals surface area contributed by atoms with Crippen LogP contribution in [-0.4, -0.2) is 24.0 Å². The third-order valence-electron chi connectivity index (χ3n) is 2.85. The number of anilines is 1. The first kappa shape index (κ1) is 10.7. The number of fused-ring (bicyclic) bond motifs is 1. The van der Waals surface area contributed by atoms with Crippen LogP contribution in [-0.2, 0) is 22.4 Å². The Balaban J connectivity index is 2.18. The lowest BCUT2D eigenvalue weighted by Crippen LogP contribution is -2.20. The lowest BCUT2D eigenvalue weighted by molar-refractivity contribution is -0.137. The quantitative estimate of drug-likeness (QED) is 0.831. The summed E-state index contributed by atoms with van der Waals surface area (Å²) in [6.45, 7) is 0. The summed E-state index contributed by atoms with van der Waals surface area (Å²) in [5.41, 5.74) is 2.91. The van der Waals surface area contributed by atoms with Gasteiger partial charge < -0.3 is 10.0 Å². The van der Waals surface area contributed by atoms with Crippen LogP contribution >= 0.6 is 0 Å². The Bertz CT molecular complexity index is 454. The minimum absolute atomic E-state index is 0.0883. The fourth-order valence-corrected chi connectivity index (χ4v) is 1.93. The number of amides is 1. The summed E-state index contributed by atoms with van der Waals surface area (Å²) < 4.78 is 0. The van der Waals surface area contributed by atoms with Crippen molar-refractivity contribution in [3.05, 3.63) is 29.3 Å². The highest BCUT2D eigenvalue weighted by molar-refractivity contribution is 6.00. The zero-order chi connectivity index (χ0) is 11.7. The van der Waals surface area contributed by atoms with Gasteiger partial charge in [-0.3, -0.25) is 9.59 Å². The summed E-state index contributed by atoms with van der Waals surface area (Å²) in [6, 6.07) is 5.70. The van der Waals surface area contributed by atoms with Crippen molar-refractivity contribution in [2.24, 2.45) is 0 Å². The summed E-state index contributed by atoms with van der Waals surface area (Å²) in [4.78, 5) is 23.5. The van der Waals surface area contributed by atoms with Gasteiger partial charge in [-0.2, -0.15) is 0 Å². The molecule has 0 aliphatic carbocycles. The highest BCUT2D eigenvalue weighted by Crippen LogP contribution is 2.28. The van der Waals surface area contributed by atoms with Crippen molar-refractivity contribution in [2.45, 2.75) is 19.3 Å². The third kappa shape index (κ3) is 1.91. The number of carboxylic acids is 1. The summed E-state index contributed by atoms with van der Waals surface area (Å²) in [5.74, 6) is -0.709. The van der Waals surface area contributed by atoms with Crippen molar-refractivity contribution in [3.63, 3.8) is 0 Å². The fraction of sp³-hybridized carbons (Fsp3) is 0.333. The van der Waals surface area contributed by atoms with Crippen molar-refractivity contribution in [3.8, 4) is 0 Å². The second-order valence-electron chi connectivity index (χ2n) is 3.99. The molecule has 1 N–H and O–H groups in total. The zero-order valence-electron chi connectivity index (χ0n) is 9.06. The first-order chi connectivity index (χ1) is 7.58. The maximum Gasteiger partial charge on any atom is 0.303 e. The summed E-state index contributed by atoms with van der Waals surface area (Å²) in [7, 11) is 1.76. The minimum Gasteiger partial charge on any atom is -0.481 e. The van der Waals surface area contributed by atoms with E-state index in [0.29, 0.717) is 12.8 Å². The number of aliphatic carboxylic acids is 1. The molecule has 16 heavy (non-hydrogen) atoms. The molecule has 84 valence electrons. The van der Waals surface area contributed by atoms with Gasteiger partial charge >= 0.3 is 5.97 Å². The number of rotatable bonds is 3. The van der Waals surface area contributed by atoms with Gasteiger partial charge in [0.2, 0.25) is 5.91 Å². The van der Waals surface area contributed by atoms with Crippen LogP contribution < -0.4 is 4.90 Å². The SMILES string of the molecule is CN1C(=O)Cc2cc(CCC(=O)O)ccc21. The Morgan fingerprint density at radius 1 is 1.50 bits per heavy atom. The van der Waals surface area contributed by atoms with Crippen molar-refractivity contribution in [2.75, 3.05) is 11.9 Å². The van der Waals surface area contributed by atoms with E-state index < -0.39 is 5.97 Å². The molecule has 0 saturated carbocycles. The van der Waals surface area contributed by atoms with Crippen molar-refractivity contribution < 1.29 is 14.7 Å². The van der Waals surface area contributed by atoms with Gasteiger partial charge in [-0.15, -0.1) is 0 Å². The molecule has 1 amide bonds. The highest BCUT2D eigenvalue weighted by atomic mass is 16.4. The van der Waals surface area contributed by atoms with E-state index in [1.165, 1.54) is 0 Å². The number of carbonyl (C=O) groups excluding carboxylic acids is 1. The average Bonchev–Trinajstić information content (AvgIpc) is 2.52. The molecule has 0 bridgehead atoms. The van der Waals surface area contributed by atoms with Gasteiger partial charge in [0.1, 0.15) is 0 Å². The Kier molecular flexibility index (Phi) is 2.64. The molecule has 4 nitrogen and oxygen atoms in total. The zero-order valence-corrected chi connectivity index (χ0v) is 9.06. The number of benzene rings is 1. The van der Waals surface area contributed by atoms with E-state index in [0.717, 1.165) is 16.8 Å². The van der Waals surface area contributed by atoms with E-state index in [9.17, 15) is 9.59 Å². The molecule has 2 rings (SSSR count). The number of hydrogen-bond acceptors (Lipinski definition) is 2. The van der Waals surface area contributed by atoms with Crippen LogP contribution in [0.2, 0.25) is 0 Å². The van der Waals surface area contributed by atoms with Crippen LogP contribution in [0.15, 0.2) is 18.2 Å². The summed E-state index contributed by atoms with van der Waals surface area (Å²) >= 11 is 0. The Morgan fingerprint density at radius 2 is 2.25 bits per heavy atom. The molecule has 0 unspecified atom stereocenters. The largest absolute Gasteiger partial charge is 0.481 e. The molecule has 0 saturated heterocycles. The Labute approximate surface area is 93.5 Å². The molecule has 0 atom stereocenters. The van der Waals surface area contributed by atoms with E-state index in [1.54, 1.807) is 11.9 Å². The molecule has 0 spiro atoms. The number of aryl methyl sites for hydroxylation is 1. The molecule has 0 radical (unpaired) electrons. The molecule has 1 aromatic rings. The molecule has 1 aromatic carbocycles. The molecule has 1 aliphatic heterocycles. The van der Waals surface area contributed by atoms with Crippen molar-refractivity contribution >= 4 is 17.6 Å². The smallest absolute Gasteiger partial charge is 0.303 e. The van der Waals surface area contributed by atoms with Crippen LogP contribution in [0.3, 0.4) is 0 Å². The molecular formula is C12H13NO3. The summed E-state index contributed by atoms with van der Waals surface area (Å²) in [6.07, 6.45) is 1.07.